The number of nitrogens with one attached hydrogen (secondary N) is 1. The first kappa shape index (κ1) is 17.8. The maximum Gasteiger partial charge on any atom is 0.228 e. The number of anilines is 3. The Kier molecular flexibility index (Phi) is 5.55. The van der Waals surface area contributed by atoms with Gasteiger partial charge >= 0.3 is 0 Å². The molecule has 3 aromatic rings. The van der Waals surface area contributed by atoms with Crippen LogP contribution in [0.25, 0.3) is 0 Å². The first-order valence-corrected chi connectivity index (χ1v) is 9.86. The summed E-state index contributed by atoms with van der Waals surface area (Å²) in [5.74, 6) is 0.609. The number of aryl methyl sites for hydroxylation is 1. The molecule has 1 aromatic heterocycles. The molecule has 138 valence electrons. The van der Waals surface area contributed by atoms with Crippen LogP contribution in [0.3, 0.4) is 0 Å². The van der Waals surface area contributed by atoms with E-state index in [0.717, 1.165) is 42.6 Å². The Hall–Kier alpha value is -2.57. The number of ether oxygens (including phenoxy) is 1. The molecule has 4 rings (SSSR count). The highest BCUT2D eigenvalue weighted by Gasteiger charge is 2.11. The van der Waals surface area contributed by atoms with Crippen molar-refractivity contribution in [2.75, 3.05) is 36.5 Å². The fourth-order valence-electron chi connectivity index (χ4n) is 2.90. The zero-order chi connectivity index (χ0) is 18.5. The monoisotopic (exact) mass is 378 g/mol. The number of benzene rings is 2. The lowest BCUT2D eigenvalue weighted by atomic mass is 10.2. The van der Waals surface area contributed by atoms with Crippen LogP contribution in [-0.2, 0) is 4.74 Å². The van der Waals surface area contributed by atoms with Crippen molar-refractivity contribution in [1.82, 2.24) is 9.97 Å². The molecular weight excluding hydrogens is 356 g/mol. The summed E-state index contributed by atoms with van der Waals surface area (Å²) in [6, 6.07) is 18.7. The fraction of sp³-hybridized carbons (Fsp3) is 0.238. The predicted molar refractivity (Wildman–Crippen MR) is 110 cm³/mol. The van der Waals surface area contributed by atoms with Crippen LogP contribution >= 0.6 is 11.8 Å². The molecule has 2 aromatic carbocycles. The van der Waals surface area contributed by atoms with E-state index in [1.807, 2.05) is 31.3 Å². The van der Waals surface area contributed by atoms with Gasteiger partial charge < -0.3 is 15.0 Å². The van der Waals surface area contributed by atoms with Crippen LogP contribution in [0.15, 0.2) is 70.7 Å². The van der Waals surface area contributed by atoms with Crippen LogP contribution in [0.1, 0.15) is 5.56 Å². The molecule has 6 heteroatoms. The van der Waals surface area contributed by atoms with Crippen LogP contribution in [0.5, 0.6) is 0 Å². The van der Waals surface area contributed by atoms with Gasteiger partial charge in [0.15, 0.2) is 0 Å². The summed E-state index contributed by atoms with van der Waals surface area (Å²) in [7, 11) is 0. The molecule has 0 saturated carbocycles. The molecule has 0 amide bonds. The van der Waals surface area contributed by atoms with Gasteiger partial charge in [-0.25, -0.2) is 9.97 Å². The minimum absolute atomic E-state index is 0.609. The normalized spacial score (nSPS) is 14.2. The Morgan fingerprint density at radius 1 is 1.00 bits per heavy atom. The van der Waals surface area contributed by atoms with Crippen molar-refractivity contribution >= 4 is 29.1 Å². The zero-order valence-corrected chi connectivity index (χ0v) is 16.1. The van der Waals surface area contributed by atoms with Gasteiger partial charge in [-0.2, -0.15) is 0 Å². The summed E-state index contributed by atoms with van der Waals surface area (Å²) in [6.45, 7) is 5.49. The van der Waals surface area contributed by atoms with Gasteiger partial charge in [-0.05, 0) is 43.3 Å². The Bertz CT molecular complexity index is 880. The van der Waals surface area contributed by atoms with E-state index in [0.29, 0.717) is 5.95 Å². The second-order valence-corrected chi connectivity index (χ2v) is 7.43. The molecule has 2 heterocycles. The molecular formula is C21H22N4OS. The quantitative estimate of drug-likeness (QED) is 0.659. The molecule has 27 heavy (non-hydrogen) atoms. The Labute approximate surface area is 163 Å². The molecule has 1 aliphatic rings. The minimum atomic E-state index is 0.609. The first-order chi connectivity index (χ1) is 13.3. The van der Waals surface area contributed by atoms with Crippen molar-refractivity contribution in [3.63, 3.8) is 0 Å². The van der Waals surface area contributed by atoms with E-state index in [1.54, 1.807) is 11.8 Å². The summed E-state index contributed by atoms with van der Waals surface area (Å²) in [4.78, 5) is 12.6. The van der Waals surface area contributed by atoms with Crippen molar-refractivity contribution in [2.24, 2.45) is 0 Å². The molecule has 1 saturated heterocycles. The molecule has 0 aliphatic carbocycles. The number of hydrogen-bond donors (Lipinski definition) is 1. The SMILES string of the molecule is Cc1cnc(Nc2ccc(N3CCOCC3)cc2)nc1Sc1ccccc1. The molecule has 0 atom stereocenters. The van der Waals surface area contributed by atoms with Crippen LogP contribution in [0, 0.1) is 6.92 Å². The largest absolute Gasteiger partial charge is 0.378 e. The summed E-state index contributed by atoms with van der Waals surface area (Å²) >= 11 is 1.65. The van der Waals surface area contributed by atoms with Crippen molar-refractivity contribution in [1.29, 1.82) is 0 Å². The van der Waals surface area contributed by atoms with Gasteiger partial charge in [-0.1, -0.05) is 30.0 Å². The second-order valence-electron chi connectivity index (χ2n) is 6.37. The van der Waals surface area contributed by atoms with Crippen molar-refractivity contribution in [3.05, 3.63) is 66.4 Å². The van der Waals surface area contributed by atoms with Crippen molar-refractivity contribution in [2.45, 2.75) is 16.8 Å². The smallest absolute Gasteiger partial charge is 0.228 e. The summed E-state index contributed by atoms with van der Waals surface area (Å²) in [5, 5.41) is 4.27. The Morgan fingerprint density at radius 3 is 2.48 bits per heavy atom. The molecule has 5 nitrogen and oxygen atoms in total. The third-order valence-corrected chi connectivity index (χ3v) is 5.50. The van der Waals surface area contributed by atoms with Gasteiger partial charge in [0.25, 0.3) is 0 Å². The summed E-state index contributed by atoms with van der Waals surface area (Å²) in [5.41, 5.74) is 3.26. The Balaban J connectivity index is 1.46. The highest BCUT2D eigenvalue weighted by atomic mass is 32.2. The second kappa shape index (κ2) is 8.41. The predicted octanol–water partition coefficient (Wildman–Crippen LogP) is 4.52. The molecule has 1 N–H and O–H groups in total. The van der Waals surface area contributed by atoms with Crippen LogP contribution < -0.4 is 10.2 Å². The van der Waals surface area contributed by atoms with E-state index in [-0.39, 0.29) is 0 Å². The van der Waals surface area contributed by atoms with E-state index in [2.05, 4.69) is 56.6 Å². The minimum Gasteiger partial charge on any atom is -0.378 e. The number of aromatic nitrogens is 2. The number of nitrogens with zero attached hydrogens (tertiary/aromatic N) is 3. The lowest BCUT2D eigenvalue weighted by Crippen LogP contribution is -2.36. The summed E-state index contributed by atoms with van der Waals surface area (Å²) in [6.07, 6.45) is 1.86. The average Bonchev–Trinajstić information content (AvgIpc) is 2.72. The highest BCUT2D eigenvalue weighted by Crippen LogP contribution is 2.29. The van der Waals surface area contributed by atoms with Crippen LogP contribution in [0.4, 0.5) is 17.3 Å². The maximum absolute atomic E-state index is 5.41. The molecule has 0 unspecified atom stereocenters. The number of rotatable bonds is 5. The lowest BCUT2D eigenvalue weighted by Gasteiger charge is -2.28. The molecule has 0 radical (unpaired) electrons. The van der Waals surface area contributed by atoms with E-state index >= 15 is 0 Å². The number of hydrogen-bond acceptors (Lipinski definition) is 6. The lowest BCUT2D eigenvalue weighted by molar-refractivity contribution is 0.122. The molecule has 0 bridgehead atoms. The Morgan fingerprint density at radius 2 is 1.74 bits per heavy atom. The maximum atomic E-state index is 5.41. The van der Waals surface area contributed by atoms with Crippen molar-refractivity contribution < 1.29 is 4.74 Å². The average molecular weight is 379 g/mol. The van der Waals surface area contributed by atoms with Gasteiger partial charge in [0.05, 0.1) is 13.2 Å². The van der Waals surface area contributed by atoms with Gasteiger partial charge in [-0.15, -0.1) is 0 Å². The highest BCUT2D eigenvalue weighted by molar-refractivity contribution is 7.99. The fourth-order valence-corrected chi connectivity index (χ4v) is 3.76. The molecule has 0 spiro atoms. The topological polar surface area (TPSA) is 50.3 Å². The van der Waals surface area contributed by atoms with Gasteiger partial charge in [-0.3, -0.25) is 0 Å². The van der Waals surface area contributed by atoms with Crippen molar-refractivity contribution in [3.8, 4) is 0 Å². The van der Waals surface area contributed by atoms with Gasteiger partial charge in [0.1, 0.15) is 5.03 Å². The first-order valence-electron chi connectivity index (χ1n) is 9.04. The van der Waals surface area contributed by atoms with Gasteiger partial charge in [0.2, 0.25) is 5.95 Å². The third kappa shape index (κ3) is 4.59. The van der Waals surface area contributed by atoms with Crippen LogP contribution in [0.2, 0.25) is 0 Å². The van der Waals surface area contributed by atoms with E-state index in [4.69, 9.17) is 4.74 Å². The third-order valence-electron chi connectivity index (χ3n) is 4.38. The van der Waals surface area contributed by atoms with E-state index < -0.39 is 0 Å². The zero-order valence-electron chi connectivity index (χ0n) is 15.3. The number of morpholine rings is 1. The molecule has 1 aliphatic heterocycles. The summed E-state index contributed by atoms with van der Waals surface area (Å²) < 4.78 is 5.41. The van der Waals surface area contributed by atoms with E-state index in [1.165, 1.54) is 10.6 Å². The van der Waals surface area contributed by atoms with Crippen LogP contribution in [-0.4, -0.2) is 36.3 Å². The standard InChI is InChI=1S/C21H22N4OS/c1-16-15-22-21(24-20(16)27-19-5-3-2-4-6-19)23-17-7-9-18(10-8-17)25-11-13-26-14-12-25/h2-10,15H,11-14H2,1H3,(H,22,23,24). The molecule has 1 fully saturated rings. The van der Waals surface area contributed by atoms with Gasteiger partial charge in [0, 0.05) is 41.1 Å². The van der Waals surface area contributed by atoms with E-state index in [9.17, 15) is 0 Å².